The summed E-state index contributed by atoms with van der Waals surface area (Å²) in [5.41, 5.74) is 0.754. The molecular formula is C30H48O4. The zero-order valence-corrected chi connectivity index (χ0v) is 22.6. The second-order valence-corrected chi connectivity index (χ2v) is 15.2. The fraction of sp³-hybridized carbons (Fsp3) is 0.900. The third kappa shape index (κ3) is 2.88. The maximum absolute atomic E-state index is 12.8. The van der Waals surface area contributed by atoms with E-state index in [1.807, 2.05) is 0 Å². The van der Waals surface area contributed by atoms with Crippen molar-refractivity contribution in [3.63, 3.8) is 0 Å². The molecule has 0 amide bonds. The first kappa shape index (κ1) is 24.8. The average Bonchev–Trinajstić information content (AvgIpc) is 2.72. The van der Waals surface area contributed by atoms with Crippen molar-refractivity contribution >= 4 is 5.97 Å². The number of rotatable bonds is 1. The van der Waals surface area contributed by atoms with Gasteiger partial charge in [0.25, 0.3) is 0 Å². The van der Waals surface area contributed by atoms with Gasteiger partial charge in [-0.25, -0.2) is 0 Å². The third-order valence-corrected chi connectivity index (χ3v) is 13.0. The van der Waals surface area contributed by atoms with Crippen LogP contribution in [-0.4, -0.2) is 33.5 Å². The molecule has 4 fully saturated rings. The van der Waals surface area contributed by atoms with Crippen LogP contribution in [0.2, 0.25) is 0 Å². The summed E-state index contributed by atoms with van der Waals surface area (Å²) in [6.45, 7) is 16.3. The van der Waals surface area contributed by atoms with Crippen LogP contribution in [-0.2, 0) is 4.79 Å². The maximum Gasteiger partial charge on any atom is 0.310 e. The number of hydrogen-bond donors (Lipinski definition) is 3. The molecule has 192 valence electrons. The molecule has 8 unspecified atom stereocenters. The summed E-state index contributed by atoms with van der Waals surface area (Å²) in [6.07, 6.45) is 9.45. The van der Waals surface area contributed by atoms with E-state index >= 15 is 0 Å². The predicted octanol–water partition coefficient (Wildman–Crippen LogP) is 6.20. The lowest BCUT2D eigenvalue weighted by atomic mass is 9.33. The summed E-state index contributed by atoms with van der Waals surface area (Å²) in [7, 11) is 0. The van der Waals surface area contributed by atoms with Gasteiger partial charge in [0.2, 0.25) is 0 Å². The van der Waals surface area contributed by atoms with Gasteiger partial charge in [-0.3, -0.25) is 4.79 Å². The van der Waals surface area contributed by atoms with Gasteiger partial charge in [0.05, 0.1) is 17.6 Å². The molecule has 0 saturated heterocycles. The van der Waals surface area contributed by atoms with E-state index in [1.165, 1.54) is 5.57 Å². The summed E-state index contributed by atoms with van der Waals surface area (Å²) in [6, 6.07) is 0. The number of fused-ring (bicyclic) bond motifs is 7. The predicted molar refractivity (Wildman–Crippen MR) is 134 cm³/mol. The highest BCUT2D eigenvalue weighted by Gasteiger charge is 2.70. The molecule has 0 aliphatic heterocycles. The SMILES string of the molecule is CC1(C)CCC2(C(=O)O)CCC3(C)C(=CCC4C5(C)CC(O)[C@H](O)C(C)(C)C5CCC43C)C2C1. The van der Waals surface area contributed by atoms with Gasteiger partial charge in [0.15, 0.2) is 0 Å². The van der Waals surface area contributed by atoms with Crippen LogP contribution in [0, 0.1) is 50.2 Å². The van der Waals surface area contributed by atoms with E-state index < -0.39 is 23.6 Å². The van der Waals surface area contributed by atoms with Crippen molar-refractivity contribution in [1.29, 1.82) is 0 Å². The molecule has 3 N–H and O–H groups in total. The van der Waals surface area contributed by atoms with Gasteiger partial charge in [-0.2, -0.15) is 0 Å². The minimum Gasteiger partial charge on any atom is -0.481 e. The van der Waals surface area contributed by atoms with Gasteiger partial charge >= 0.3 is 5.97 Å². The average molecular weight is 473 g/mol. The maximum atomic E-state index is 12.8. The van der Waals surface area contributed by atoms with Crippen LogP contribution >= 0.6 is 0 Å². The summed E-state index contributed by atoms with van der Waals surface area (Å²) in [5, 5.41) is 32.4. The van der Waals surface area contributed by atoms with Crippen LogP contribution in [0.5, 0.6) is 0 Å². The number of hydrogen-bond acceptors (Lipinski definition) is 3. The normalized spacial score (nSPS) is 53.4. The third-order valence-electron chi connectivity index (χ3n) is 13.0. The van der Waals surface area contributed by atoms with E-state index in [1.54, 1.807) is 0 Å². The van der Waals surface area contributed by atoms with Gasteiger partial charge < -0.3 is 15.3 Å². The summed E-state index contributed by atoms with van der Waals surface area (Å²) >= 11 is 0. The van der Waals surface area contributed by atoms with Gasteiger partial charge in [0.1, 0.15) is 0 Å². The molecule has 5 rings (SSSR count). The summed E-state index contributed by atoms with van der Waals surface area (Å²) < 4.78 is 0. The van der Waals surface area contributed by atoms with E-state index in [2.05, 4.69) is 54.5 Å². The van der Waals surface area contributed by atoms with Crippen LogP contribution in [0.15, 0.2) is 11.6 Å². The Hall–Kier alpha value is -0.870. The fourth-order valence-corrected chi connectivity index (χ4v) is 10.8. The van der Waals surface area contributed by atoms with Crippen LogP contribution in [0.3, 0.4) is 0 Å². The number of carbonyl (C=O) groups is 1. The van der Waals surface area contributed by atoms with E-state index in [-0.39, 0.29) is 33.0 Å². The number of allylic oxidation sites excluding steroid dienone is 2. The lowest BCUT2D eigenvalue weighted by molar-refractivity contribution is -0.231. The first-order chi connectivity index (χ1) is 15.6. The molecule has 0 heterocycles. The molecule has 0 aromatic carbocycles. The van der Waals surface area contributed by atoms with E-state index in [9.17, 15) is 20.1 Å². The van der Waals surface area contributed by atoms with Crippen molar-refractivity contribution in [2.24, 2.45) is 50.2 Å². The number of aliphatic hydroxyl groups is 2. The molecule has 0 aromatic heterocycles. The number of aliphatic hydroxyl groups excluding tert-OH is 2. The fourth-order valence-electron chi connectivity index (χ4n) is 10.8. The van der Waals surface area contributed by atoms with Crippen molar-refractivity contribution in [3.8, 4) is 0 Å². The first-order valence-electron chi connectivity index (χ1n) is 13.9. The van der Waals surface area contributed by atoms with Gasteiger partial charge in [0, 0.05) is 0 Å². The van der Waals surface area contributed by atoms with Gasteiger partial charge in [-0.15, -0.1) is 0 Å². The van der Waals surface area contributed by atoms with Crippen LogP contribution in [0.4, 0.5) is 0 Å². The lowest BCUT2D eigenvalue weighted by Crippen LogP contribution is -2.67. The minimum absolute atomic E-state index is 0.00785. The Balaban J connectivity index is 1.61. The topological polar surface area (TPSA) is 77.8 Å². The number of aliphatic carboxylic acids is 1. The molecule has 0 radical (unpaired) electrons. The zero-order chi connectivity index (χ0) is 25.1. The quantitative estimate of drug-likeness (QED) is 0.397. The van der Waals surface area contributed by atoms with Crippen LogP contribution in [0.25, 0.3) is 0 Å². The van der Waals surface area contributed by atoms with Gasteiger partial charge in [-0.05, 0) is 103 Å². The standard InChI is InChI=1S/C30H48O4/c1-25(2)12-14-30(24(33)34)15-13-28(6)18(19(30)16-25)8-9-22-27(5)17-20(31)23(32)26(3,4)21(27)10-11-29(22,28)7/h8,19-23,31-32H,9-17H2,1-7H3,(H,33,34)/t19?,20?,21?,22?,23-,27?,28?,29?,30?/m0/s1. The second kappa shape index (κ2) is 7.12. The molecule has 0 bridgehead atoms. The van der Waals surface area contributed by atoms with E-state index in [0.717, 1.165) is 51.4 Å². The molecule has 34 heavy (non-hydrogen) atoms. The minimum atomic E-state index is -0.679. The van der Waals surface area contributed by atoms with Crippen LogP contribution in [0.1, 0.15) is 106 Å². The Morgan fingerprint density at radius 3 is 2.18 bits per heavy atom. The monoisotopic (exact) mass is 472 g/mol. The Bertz CT molecular complexity index is 919. The molecule has 4 heteroatoms. The summed E-state index contributed by atoms with van der Waals surface area (Å²) in [4.78, 5) is 12.8. The summed E-state index contributed by atoms with van der Waals surface area (Å²) in [5.74, 6) is 0.365. The first-order valence-corrected chi connectivity index (χ1v) is 13.9. The van der Waals surface area contributed by atoms with Crippen molar-refractivity contribution in [1.82, 2.24) is 0 Å². The van der Waals surface area contributed by atoms with E-state index in [4.69, 9.17) is 0 Å². The molecule has 5 aliphatic rings. The second-order valence-electron chi connectivity index (χ2n) is 15.2. The Kier molecular flexibility index (Phi) is 5.20. The van der Waals surface area contributed by atoms with Crippen molar-refractivity contribution < 1.29 is 20.1 Å². The van der Waals surface area contributed by atoms with Crippen molar-refractivity contribution in [2.45, 2.75) is 118 Å². The Morgan fingerprint density at radius 2 is 1.53 bits per heavy atom. The molecule has 0 aromatic rings. The number of carboxylic acids is 1. The highest BCUT2D eigenvalue weighted by molar-refractivity contribution is 5.76. The highest BCUT2D eigenvalue weighted by Crippen LogP contribution is 2.75. The van der Waals surface area contributed by atoms with Crippen LogP contribution < -0.4 is 0 Å². The largest absolute Gasteiger partial charge is 0.481 e. The molecular weight excluding hydrogens is 424 g/mol. The lowest BCUT2D eigenvalue weighted by Gasteiger charge is -2.71. The Labute approximate surface area is 206 Å². The van der Waals surface area contributed by atoms with E-state index in [0.29, 0.717) is 18.3 Å². The molecule has 9 atom stereocenters. The number of carboxylic acid groups (broad SMARTS) is 1. The zero-order valence-electron chi connectivity index (χ0n) is 22.6. The molecule has 5 aliphatic carbocycles. The van der Waals surface area contributed by atoms with Crippen molar-refractivity contribution in [2.75, 3.05) is 0 Å². The molecule has 4 nitrogen and oxygen atoms in total. The van der Waals surface area contributed by atoms with Gasteiger partial charge in [-0.1, -0.05) is 60.1 Å². The molecule has 4 saturated carbocycles. The molecule has 0 spiro atoms. The Morgan fingerprint density at radius 1 is 0.882 bits per heavy atom. The smallest absolute Gasteiger partial charge is 0.310 e. The highest BCUT2D eigenvalue weighted by atomic mass is 16.4. The van der Waals surface area contributed by atoms with Crippen molar-refractivity contribution in [3.05, 3.63) is 11.6 Å².